The van der Waals surface area contributed by atoms with Crippen molar-refractivity contribution in [2.45, 2.75) is 38.3 Å². The Labute approximate surface area is 92.0 Å². The largest absolute Gasteiger partial charge is 0.396 e. The standard InChI is InChI=1S/C11H23NO3/c1-2-12-10(5-6-13)8-14-9-11-4-3-7-15-11/h10-13H,2-9H2,1H3. The molecule has 1 heterocycles. The molecule has 90 valence electrons. The van der Waals surface area contributed by atoms with Crippen LogP contribution in [0.25, 0.3) is 0 Å². The third-order valence-corrected chi connectivity index (χ3v) is 2.62. The van der Waals surface area contributed by atoms with E-state index in [0.717, 1.165) is 32.4 Å². The van der Waals surface area contributed by atoms with Gasteiger partial charge in [0.15, 0.2) is 0 Å². The van der Waals surface area contributed by atoms with Gasteiger partial charge in [-0.1, -0.05) is 6.92 Å². The average Bonchev–Trinajstić information content (AvgIpc) is 2.71. The molecule has 0 radical (unpaired) electrons. The molecule has 4 nitrogen and oxygen atoms in total. The minimum Gasteiger partial charge on any atom is -0.396 e. The number of aliphatic hydroxyl groups is 1. The second-order valence-corrected chi connectivity index (χ2v) is 3.94. The van der Waals surface area contributed by atoms with Crippen LogP contribution in [0.15, 0.2) is 0 Å². The molecule has 0 amide bonds. The predicted octanol–water partition coefficient (Wildman–Crippen LogP) is 0.542. The zero-order valence-electron chi connectivity index (χ0n) is 9.58. The molecule has 1 aliphatic rings. The van der Waals surface area contributed by atoms with Crippen LogP contribution < -0.4 is 5.32 Å². The second-order valence-electron chi connectivity index (χ2n) is 3.94. The summed E-state index contributed by atoms with van der Waals surface area (Å²) >= 11 is 0. The van der Waals surface area contributed by atoms with Crippen molar-refractivity contribution >= 4 is 0 Å². The third kappa shape index (κ3) is 5.47. The maximum absolute atomic E-state index is 8.85. The summed E-state index contributed by atoms with van der Waals surface area (Å²) in [4.78, 5) is 0. The van der Waals surface area contributed by atoms with Crippen molar-refractivity contribution in [2.75, 3.05) is 33.0 Å². The van der Waals surface area contributed by atoms with E-state index in [2.05, 4.69) is 12.2 Å². The van der Waals surface area contributed by atoms with Gasteiger partial charge in [-0.15, -0.1) is 0 Å². The molecule has 0 aliphatic carbocycles. The first-order chi connectivity index (χ1) is 7.36. The summed E-state index contributed by atoms with van der Waals surface area (Å²) in [6, 6.07) is 0.265. The molecule has 0 aromatic heterocycles. The highest BCUT2D eigenvalue weighted by molar-refractivity contribution is 4.67. The van der Waals surface area contributed by atoms with Gasteiger partial charge in [0.25, 0.3) is 0 Å². The Morgan fingerprint density at radius 3 is 3.07 bits per heavy atom. The van der Waals surface area contributed by atoms with Crippen LogP contribution >= 0.6 is 0 Å². The normalized spacial score (nSPS) is 23.2. The summed E-state index contributed by atoms with van der Waals surface area (Å²) in [6.07, 6.45) is 3.31. The van der Waals surface area contributed by atoms with Crippen LogP contribution in [0.5, 0.6) is 0 Å². The molecule has 1 aliphatic heterocycles. The van der Waals surface area contributed by atoms with Crippen molar-refractivity contribution in [3.8, 4) is 0 Å². The van der Waals surface area contributed by atoms with Gasteiger partial charge in [-0.2, -0.15) is 0 Å². The molecular weight excluding hydrogens is 194 g/mol. The minimum atomic E-state index is 0.209. The first-order valence-electron chi connectivity index (χ1n) is 5.90. The van der Waals surface area contributed by atoms with Gasteiger partial charge >= 0.3 is 0 Å². The minimum absolute atomic E-state index is 0.209. The fourth-order valence-corrected chi connectivity index (χ4v) is 1.81. The van der Waals surface area contributed by atoms with E-state index in [0.29, 0.717) is 19.3 Å². The molecular formula is C11H23NO3. The summed E-state index contributed by atoms with van der Waals surface area (Å²) in [5.74, 6) is 0. The van der Waals surface area contributed by atoms with E-state index in [4.69, 9.17) is 14.6 Å². The lowest BCUT2D eigenvalue weighted by Gasteiger charge is -2.18. The van der Waals surface area contributed by atoms with E-state index >= 15 is 0 Å². The lowest BCUT2D eigenvalue weighted by Crippen LogP contribution is -2.35. The summed E-state index contributed by atoms with van der Waals surface area (Å²) < 4.78 is 11.0. The molecule has 15 heavy (non-hydrogen) atoms. The molecule has 2 N–H and O–H groups in total. The van der Waals surface area contributed by atoms with Gasteiger partial charge in [-0.25, -0.2) is 0 Å². The number of nitrogens with one attached hydrogen (secondary N) is 1. The number of rotatable bonds is 8. The Kier molecular flexibility index (Phi) is 6.92. The lowest BCUT2D eigenvalue weighted by atomic mass is 10.2. The molecule has 2 atom stereocenters. The first-order valence-corrected chi connectivity index (χ1v) is 5.90. The van der Waals surface area contributed by atoms with E-state index in [-0.39, 0.29) is 12.6 Å². The second kappa shape index (κ2) is 8.05. The van der Waals surface area contributed by atoms with Gasteiger partial charge in [0.1, 0.15) is 0 Å². The summed E-state index contributed by atoms with van der Waals surface area (Å²) in [5, 5.41) is 12.1. The molecule has 4 heteroatoms. The Hall–Kier alpha value is -0.160. The van der Waals surface area contributed by atoms with E-state index in [1.54, 1.807) is 0 Å². The first kappa shape index (κ1) is 12.9. The fourth-order valence-electron chi connectivity index (χ4n) is 1.81. The highest BCUT2D eigenvalue weighted by Crippen LogP contribution is 2.12. The van der Waals surface area contributed by atoms with E-state index < -0.39 is 0 Å². The van der Waals surface area contributed by atoms with Crippen molar-refractivity contribution in [3.63, 3.8) is 0 Å². The highest BCUT2D eigenvalue weighted by Gasteiger charge is 2.16. The molecule has 2 unspecified atom stereocenters. The van der Waals surface area contributed by atoms with Crippen molar-refractivity contribution in [2.24, 2.45) is 0 Å². The number of hydrogen-bond acceptors (Lipinski definition) is 4. The van der Waals surface area contributed by atoms with E-state index in [9.17, 15) is 0 Å². The Morgan fingerprint density at radius 2 is 2.47 bits per heavy atom. The molecule has 0 saturated carbocycles. The van der Waals surface area contributed by atoms with Crippen LogP contribution in [0.2, 0.25) is 0 Å². The van der Waals surface area contributed by atoms with Crippen LogP contribution in [0.4, 0.5) is 0 Å². The van der Waals surface area contributed by atoms with E-state index in [1.165, 1.54) is 0 Å². The van der Waals surface area contributed by atoms with Gasteiger partial charge in [-0.3, -0.25) is 0 Å². The highest BCUT2D eigenvalue weighted by atomic mass is 16.5. The van der Waals surface area contributed by atoms with Crippen molar-refractivity contribution < 1.29 is 14.6 Å². The van der Waals surface area contributed by atoms with Gasteiger partial charge < -0.3 is 19.9 Å². The molecule has 1 fully saturated rings. The molecule has 0 spiro atoms. The Morgan fingerprint density at radius 1 is 1.60 bits per heavy atom. The van der Waals surface area contributed by atoms with Crippen LogP contribution in [-0.4, -0.2) is 50.2 Å². The van der Waals surface area contributed by atoms with Gasteiger partial charge in [0, 0.05) is 19.3 Å². The number of aliphatic hydroxyl groups excluding tert-OH is 1. The topological polar surface area (TPSA) is 50.7 Å². The van der Waals surface area contributed by atoms with Crippen molar-refractivity contribution in [3.05, 3.63) is 0 Å². The van der Waals surface area contributed by atoms with Gasteiger partial charge in [0.2, 0.25) is 0 Å². The third-order valence-electron chi connectivity index (χ3n) is 2.62. The van der Waals surface area contributed by atoms with Crippen LogP contribution in [0.3, 0.4) is 0 Å². The quantitative estimate of drug-likeness (QED) is 0.623. The summed E-state index contributed by atoms with van der Waals surface area (Å²) in [5.41, 5.74) is 0. The molecule has 0 aromatic rings. The number of ether oxygens (including phenoxy) is 2. The van der Waals surface area contributed by atoms with Crippen molar-refractivity contribution in [1.82, 2.24) is 5.32 Å². The Bertz CT molecular complexity index is 143. The maximum Gasteiger partial charge on any atom is 0.0809 e. The number of likely N-dealkylation sites (N-methyl/N-ethyl adjacent to an activating group) is 1. The molecule has 0 bridgehead atoms. The maximum atomic E-state index is 8.85. The predicted molar refractivity (Wildman–Crippen MR) is 59.0 cm³/mol. The smallest absolute Gasteiger partial charge is 0.0809 e. The van der Waals surface area contributed by atoms with Gasteiger partial charge in [0.05, 0.1) is 19.3 Å². The summed E-state index contributed by atoms with van der Waals surface area (Å²) in [6.45, 7) is 5.41. The molecule has 1 saturated heterocycles. The monoisotopic (exact) mass is 217 g/mol. The zero-order valence-corrected chi connectivity index (χ0v) is 9.58. The Balaban J connectivity index is 2.04. The molecule has 1 rings (SSSR count). The zero-order chi connectivity index (χ0) is 10.9. The van der Waals surface area contributed by atoms with Crippen molar-refractivity contribution in [1.29, 1.82) is 0 Å². The SMILES string of the molecule is CCNC(CCO)COCC1CCCO1. The average molecular weight is 217 g/mol. The van der Waals surface area contributed by atoms with Gasteiger partial charge in [-0.05, 0) is 25.8 Å². The fraction of sp³-hybridized carbons (Fsp3) is 1.00. The number of hydrogen-bond donors (Lipinski definition) is 2. The lowest BCUT2D eigenvalue weighted by molar-refractivity contribution is 0.00837. The van der Waals surface area contributed by atoms with E-state index in [1.807, 2.05) is 0 Å². The molecule has 0 aromatic carbocycles. The van der Waals surface area contributed by atoms with Crippen LogP contribution in [-0.2, 0) is 9.47 Å². The summed E-state index contributed by atoms with van der Waals surface area (Å²) in [7, 11) is 0. The van der Waals surface area contributed by atoms with Crippen LogP contribution in [0.1, 0.15) is 26.2 Å². The van der Waals surface area contributed by atoms with Crippen LogP contribution in [0, 0.1) is 0 Å².